The van der Waals surface area contributed by atoms with Crippen molar-refractivity contribution >= 4 is 22.6 Å². The number of benzene rings is 1. The summed E-state index contributed by atoms with van der Waals surface area (Å²) in [6.07, 6.45) is 0.0246. The maximum Gasteiger partial charge on any atom is 0.127 e. The first-order valence-corrected chi connectivity index (χ1v) is 7.50. The molecule has 1 aliphatic heterocycles. The fourth-order valence-corrected chi connectivity index (χ4v) is 2.76. The van der Waals surface area contributed by atoms with Gasteiger partial charge >= 0.3 is 0 Å². The summed E-state index contributed by atoms with van der Waals surface area (Å²) in [5.74, 6) is 1.65. The standard InChI is InChI=1S/C15H19ClN2O3/c1-10(16)15-17-13-4-3-11(19-2)7-14(13)18(15)8-12-9-20-5-6-21-12/h3-4,7,10,12H,5-6,8-9H2,1-2H3. The van der Waals surface area contributed by atoms with Gasteiger partial charge in [0.2, 0.25) is 0 Å². The molecule has 0 N–H and O–H groups in total. The quantitative estimate of drug-likeness (QED) is 0.815. The number of methoxy groups -OCH3 is 1. The summed E-state index contributed by atoms with van der Waals surface area (Å²) in [7, 11) is 1.66. The van der Waals surface area contributed by atoms with E-state index in [2.05, 4.69) is 9.55 Å². The Hall–Kier alpha value is -1.30. The van der Waals surface area contributed by atoms with Gasteiger partial charge in [0, 0.05) is 6.07 Å². The molecule has 6 heteroatoms. The minimum Gasteiger partial charge on any atom is -0.497 e. The van der Waals surface area contributed by atoms with Crippen LogP contribution in [0.4, 0.5) is 0 Å². The third kappa shape index (κ3) is 3.00. The van der Waals surface area contributed by atoms with Crippen LogP contribution in [0, 0.1) is 0 Å². The molecular formula is C15H19ClN2O3. The van der Waals surface area contributed by atoms with Crippen LogP contribution in [-0.4, -0.2) is 42.6 Å². The van der Waals surface area contributed by atoms with Crippen LogP contribution in [0.25, 0.3) is 11.0 Å². The van der Waals surface area contributed by atoms with E-state index in [-0.39, 0.29) is 11.5 Å². The van der Waals surface area contributed by atoms with Crippen molar-refractivity contribution in [3.05, 3.63) is 24.0 Å². The molecule has 0 aliphatic carbocycles. The number of halogens is 1. The van der Waals surface area contributed by atoms with Crippen molar-refractivity contribution in [3.63, 3.8) is 0 Å². The molecule has 1 aromatic heterocycles. The van der Waals surface area contributed by atoms with Crippen molar-refractivity contribution in [3.8, 4) is 5.75 Å². The van der Waals surface area contributed by atoms with E-state index < -0.39 is 0 Å². The molecule has 2 atom stereocenters. The molecule has 3 rings (SSSR count). The van der Waals surface area contributed by atoms with Crippen LogP contribution < -0.4 is 4.74 Å². The monoisotopic (exact) mass is 310 g/mol. The molecule has 2 unspecified atom stereocenters. The SMILES string of the molecule is COc1ccc2nc(C(C)Cl)n(CC3COCCO3)c2c1. The lowest BCUT2D eigenvalue weighted by Gasteiger charge is -2.24. The average molecular weight is 311 g/mol. The molecule has 114 valence electrons. The highest BCUT2D eigenvalue weighted by Gasteiger charge is 2.21. The largest absolute Gasteiger partial charge is 0.497 e. The van der Waals surface area contributed by atoms with E-state index >= 15 is 0 Å². The van der Waals surface area contributed by atoms with E-state index in [1.807, 2.05) is 25.1 Å². The normalized spacial score (nSPS) is 20.6. The maximum absolute atomic E-state index is 6.28. The lowest BCUT2D eigenvalue weighted by molar-refractivity contribution is -0.0934. The smallest absolute Gasteiger partial charge is 0.127 e. The van der Waals surface area contributed by atoms with Gasteiger partial charge in [0.1, 0.15) is 11.6 Å². The Morgan fingerprint density at radius 3 is 3.00 bits per heavy atom. The van der Waals surface area contributed by atoms with Gasteiger partial charge in [-0.3, -0.25) is 0 Å². The highest BCUT2D eigenvalue weighted by atomic mass is 35.5. The number of nitrogens with zero attached hydrogens (tertiary/aromatic N) is 2. The Bertz CT molecular complexity index is 621. The molecule has 0 spiro atoms. The van der Waals surface area contributed by atoms with Gasteiger partial charge in [-0.15, -0.1) is 11.6 Å². The van der Waals surface area contributed by atoms with Gasteiger partial charge in [-0.2, -0.15) is 0 Å². The van der Waals surface area contributed by atoms with E-state index in [4.69, 9.17) is 25.8 Å². The van der Waals surface area contributed by atoms with Crippen LogP contribution in [0.3, 0.4) is 0 Å². The first kappa shape index (κ1) is 14.6. The number of rotatable bonds is 4. The Kier molecular flexibility index (Phi) is 4.33. The Balaban J connectivity index is 2.01. The van der Waals surface area contributed by atoms with Crippen molar-refractivity contribution in [2.45, 2.75) is 24.9 Å². The van der Waals surface area contributed by atoms with Crippen LogP contribution >= 0.6 is 11.6 Å². The zero-order valence-electron chi connectivity index (χ0n) is 12.2. The Labute approximate surface area is 128 Å². The summed E-state index contributed by atoms with van der Waals surface area (Å²) in [5.41, 5.74) is 1.92. The van der Waals surface area contributed by atoms with Crippen LogP contribution in [0.1, 0.15) is 18.1 Å². The van der Waals surface area contributed by atoms with Gasteiger partial charge in [0.05, 0.1) is 56.0 Å². The van der Waals surface area contributed by atoms with Crippen LogP contribution in [-0.2, 0) is 16.0 Å². The van der Waals surface area contributed by atoms with Gasteiger partial charge in [0.15, 0.2) is 0 Å². The minimum atomic E-state index is -0.173. The molecule has 0 bridgehead atoms. The number of imidazole rings is 1. The first-order valence-electron chi connectivity index (χ1n) is 7.06. The third-order valence-electron chi connectivity index (χ3n) is 3.61. The average Bonchev–Trinajstić information content (AvgIpc) is 2.86. The van der Waals surface area contributed by atoms with E-state index in [9.17, 15) is 0 Å². The molecule has 0 amide bonds. The van der Waals surface area contributed by atoms with Crippen LogP contribution in [0.15, 0.2) is 18.2 Å². The predicted molar refractivity (Wildman–Crippen MR) is 81.1 cm³/mol. The number of hydrogen-bond acceptors (Lipinski definition) is 4. The van der Waals surface area contributed by atoms with E-state index in [1.165, 1.54) is 0 Å². The number of fused-ring (bicyclic) bond motifs is 1. The van der Waals surface area contributed by atoms with Gasteiger partial charge in [-0.25, -0.2) is 4.98 Å². The van der Waals surface area contributed by atoms with E-state index in [1.54, 1.807) is 7.11 Å². The number of ether oxygens (including phenoxy) is 3. The molecule has 2 aromatic rings. The Morgan fingerprint density at radius 1 is 1.48 bits per heavy atom. The second kappa shape index (κ2) is 6.22. The van der Waals surface area contributed by atoms with Crippen molar-refractivity contribution in [1.29, 1.82) is 0 Å². The molecule has 1 aliphatic rings. The third-order valence-corrected chi connectivity index (χ3v) is 3.81. The molecule has 21 heavy (non-hydrogen) atoms. The number of alkyl halides is 1. The summed E-state index contributed by atoms with van der Waals surface area (Å²) in [4.78, 5) is 4.63. The summed E-state index contributed by atoms with van der Waals surface area (Å²) in [5, 5.41) is -0.173. The summed E-state index contributed by atoms with van der Waals surface area (Å²) >= 11 is 6.28. The zero-order chi connectivity index (χ0) is 14.8. The van der Waals surface area contributed by atoms with Gasteiger partial charge in [-0.05, 0) is 19.1 Å². The van der Waals surface area contributed by atoms with Gasteiger partial charge < -0.3 is 18.8 Å². The summed E-state index contributed by atoms with van der Waals surface area (Å²) < 4.78 is 18.6. The second-order valence-corrected chi connectivity index (χ2v) is 5.77. The fourth-order valence-electron chi connectivity index (χ4n) is 2.59. The molecule has 0 radical (unpaired) electrons. The van der Waals surface area contributed by atoms with E-state index in [0.29, 0.717) is 26.4 Å². The maximum atomic E-state index is 6.28. The molecular weight excluding hydrogens is 292 g/mol. The van der Waals surface area contributed by atoms with Crippen molar-refractivity contribution in [2.24, 2.45) is 0 Å². The molecule has 2 heterocycles. The van der Waals surface area contributed by atoms with Crippen LogP contribution in [0.2, 0.25) is 0 Å². The van der Waals surface area contributed by atoms with Crippen molar-refractivity contribution < 1.29 is 14.2 Å². The number of aromatic nitrogens is 2. The molecule has 5 nitrogen and oxygen atoms in total. The summed E-state index contributed by atoms with van der Waals surface area (Å²) in [6.45, 7) is 4.49. The lowest BCUT2D eigenvalue weighted by atomic mass is 10.2. The molecule has 1 aromatic carbocycles. The minimum absolute atomic E-state index is 0.0246. The van der Waals surface area contributed by atoms with E-state index in [0.717, 1.165) is 22.6 Å². The second-order valence-electron chi connectivity index (χ2n) is 5.12. The van der Waals surface area contributed by atoms with Crippen molar-refractivity contribution in [1.82, 2.24) is 9.55 Å². The lowest BCUT2D eigenvalue weighted by Crippen LogP contribution is -2.32. The van der Waals surface area contributed by atoms with Gasteiger partial charge in [0.25, 0.3) is 0 Å². The van der Waals surface area contributed by atoms with Crippen molar-refractivity contribution in [2.75, 3.05) is 26.9 Å². The topological polar surface area (TPSA) is 45.5 Å². The number of hydrogen-bond donors (Lipinski definition) is 0. The highest BCUT2D eigenvalue weighted by Crippen LogP contribution is 2.28. The fraction of sp³-hybridized carbons (Fsp3) is 0.533. The molecule has 1 saturated heterocycles. The molecule has 1 fully saturated rings. The highest BCUT2D eigenvalue weighted by molar-refractivity contribution is 6.20. The Morgan fingerprint density at radius 2 is 2.33 bits per heavy atom. The van der Waals surface area contributed by atoms with Crippen LogP contribution in [0.5, 0.6) is 5.75 Å². The zero-order valence-corrected chi connectivity index (χ0v) is 13.0. The predicted octanol–water partition coefficient (Wildman–Crippen LogP) is 2.76. The first-order chi connectivity index (χ1) is 10.2. The van der Waals surface area contributed by atoms with Gasteiger partial charge in [-0.1, -0.05) is 0 Å². The molecule has 0 saturated carbocycles. The summed E-state index contributed by atoms with van der Waals surface area (Å²) in [6, 6.07) is 5.84.